The maximum absolute atomic E-state index is 10.6. The Balaban J connectivity index is 0.00000196. The van der Waals surface area contributed by atoms with Gasteiger partial charge >= 0.3 is 29.6 Å². The fraction of sp³-hybridized carbons (Fsp3) is 0. The first-order valence-corrected chi connectivity index (χ1v) is 4.73. The summed E-state index contributed by atoms with van der Waals surface area (Å²) < 4.78 is 31.8. The molecule has 0 aliphatic carbocycles. The van der Waals surface area contributed by atoms with Crippen molar-refractivity contribution in [2.45, 2.75) is 4.90 Å². The average molecular weight is 240 g/mol. The molecule has 0 amide bonds. The van der Waals surface area contributed by atoms with E-state index in [9.17, 15) is 23.1 Å². The van der Waals surface area contributed by atoms with E-state index in [0.29, 0.717) is 0 Å². The molecule has 1 rings (SSSR count). The van der Waals surface area contributed by atoms with Crippen LogP contribution in [0.3, 0.4) is 0 Å². The smallest absolute Gasteiger partial charge is 0.744 e. The van der Waals surface area contributed by atoms with Crippen molar-refractivity contribution in [3.63, 3.8) is 0 Å². The largest absolute Gasteiger partial charge is 1.00 e. The molecule has 0 saturated carbocycles. The fourth-order valence-corrected chi connectivity index (χ4v) is 1.56. The third kappa shape index (κ3) is 3.43. The van der Waals surface area contributed by atoms with Gasteiger partial charge in [-0.3, -0.25) is 10.1 Å². The molecule has 7 nitrogen and oxygen atoms in total. The summed E-state index contributed by atoms with van der Waals surface area (Å²) >= 11 is 0. The Morgan fingerprint density at radius 2 is 1.87 bits per heavy atom. The predicted octanol–water partition coefficient (Wildman–Crippen LogP) is -2.91. The van der Waals surface area contributed by atoms with Crippen LogP contribution in [0.25, 0.3) is 0 Å². The van der Waals surface area contributed by atoms with Crippen LogP contribution in [0.4, 0.5) is 11.4 Å². The molecule has 0 spiro atoms. The molecule has 0 heterocycles. The summed E-state index contributed by atoms with van der Waals surface area (Å²) in [5.41, 5.74) is 4.41. The Morgan fingerprint density at radius 3 is 2.27 bits per heavy atom. The molecule has 0 aromatic heterocycles. The number of hydrogen-bond acceptors (Lipinski definition) is 6. The van der Waals surface area contributed by atoms with E-state index in [4.69, 9.17) is 5.73 Å². The van der Waals surface area contributed by atoms with Gasteiger partial charge in [-0.2, -0.15) is 0 Å². The van der Waals surface area contributed by atoms with Gasteiger partial charge in [-0.25, -0.2) is 8.42 Å². The van der Waals surface area contributed by atoms with Gasteiger partial charge in [0.1, 0.15) is 15.0 Å². The second-order valence-electron chi connectivity index (χ2n) is 2.44. The van der Waals surface area contributed by atoms with Crippen LogP contribution in [0.2, 0.25) is 0 Å². The van der Waals surface area contributed by atoms with Crippen LogP contribution in [-0.2, 0) is 10.1 Å². The molecule has 2 N–H and O–H groups in total. The van der Waals surface area contributed by atoms with Gasteiger partial charge < -0.3 is 10.3 Å². The van der Waals surface area contributed by atoms with Crippen molar-refractivity contribution in [2.75, 3.05) is 5.73 Å². The van der Waals surface area contributed by atoms with Gasteiger partial charge in [0.25, 0.3) is 5.69 Å². The Kier molecular flexibility index (Phi) is 4.68. The number of rotatable bonds is 2. The summed E-state index contributed by atoms with van der Waals surface area (Å²) in [6, 6.07) is 2.79. The van der Waals surface area contributed by atoms with E-state index in [0.717, 1.165) is 18.2 Å². The fourth-order valence-electron chi connectivity index (χ4n) is 0.882. The quantitative estimate of drug-likeness (QED) is 0.194. The van der Waals surface area contributed by atoms with Crippen LogP contribution in [0, 0.1) is 10.1 Å². The van der Waals surface area contributed by atoms with E-state index in [2.05, 4.69) is 0 Å². The number of nitro groups is 1. The molecule has 0 fully saturated rings. The first-order valence-electron chi connectivity index (χ1n) is 3.32. The van der Waals surface area contributed by atoms with Gasteiger partial charge in [-0.15, -0.1) is 0 Å². The molecule has 15 heavy (non-hydrogen) atoms. The van der Waals surface area contributed by atoms with Gasteiger partial charge in [-0.1, -0.05) is 0 Å². The molecule has 0 aliphatic heterocycles. The van der Waals surface area contributed by atoms with Gasteiger partial charge in [-0.05, 0) is 12.1 Å². The predicted molar refractivity (Wildman–Crippen MR) is 45.5 cm³/mol. The van der Waals surface area contributed by atoms with Gasteiger partial charge in [0, 0.05) is 11.8 Å². The van der Waals surface area contributed by atoms with Crippen LogP contribution < -0.4 is 35.3 Å². The van der Waals surface area contributed by atoms with E-state index >= 15 is 0 Å². The SMILES string of the molecule is Nc1ccc([N+](=O)[O-])c(S(=O)(=O)[O-])c1.[Na+]. The number of hydrogen-bond donors (Lipinski definition) is 1. The topological polar surface area (TPSA) is 126 Å². The molecular weight excluding hydrogens is 235 g/mol. The standard InChI is InChI=1S/C6H6N2O5S.Na/c7-4-1-2-5(8(9)10)6(3-4)14(11,12)13;/h1-3H,7H2,(H,11,12,13);/q;+1/p-1. The van der Waals surface area contributed by atoms with Crippen LogP contribution in [0.15, 0.2) is 23.1 Å². The summed E-state index contributed by atoms with van der Waals surface area (Å²) in [5, 5.41) is 10.3. The summed E-state index contributed by atoms with van der Waals surface area (Å²) in [4.78, 5) is 8.47. The molecule has 1 aromatic rings. The number of nitro benzene ring substituents is 1. The Bertz CT molecular complexity index is 486. The number of anilines is 1. The molecule has 0 atom stereocenters. The Morgan fingerprint density at radius 1 is 1.33 bits per heavy atom. The van der Waals surface area contributed by atoms with E-state index in [1.54, 1.807) is 0 Å². The number of benzene rings is 1. The third-order valence-corrected chi connectivity index (χ3v) is 2.32. The molecule has 76 valence electrons. The molecule has 0 aliphatic rings. The number of nitrogen functional groups attached to an aromatic ring is 1. The molecule has 0 unspecified atom stereocenters. The van der Waals surface area contributed by atoms with Gasteiger partial charge in [0.05, 0.1) is 4.92 Å². The van der Waals surface area contributed by atoms with Crippen molar-refractivity contribution in [1.29, 1.82) is 0 Å². The monoisotopic (exact) mass is 240 g/mol. The van der Waals surface area contributed by atoms with Crippen LogP contribution in [0.5, 0.6) is 0 Å². The normalized spacial score (nSPS) is 10.5. The van der Waals surface area contributed by atoms with Crippen molar-refractivity contribution in [3.8, 4) is 0 Å². The van der Waals surface area contributed by atoms with Crippen molar-refractivity contribution >= 4 is 21.5 Å². The van der Waals surface area contributed by atoms with Crippen molar-refractivity contribution in [2.24, 2.45) is 0 Å². The summed E-state index contributed by atoms with van der Waals surface area (Å²) in [5.74, 6) is 0. The Labute approximate surface area is 107 Å². The zero-order valence-corrected chi connectivity index (χ0v) is 10.5. The van der Waals surface area contributed by atoms with Gasteiger partial charge in [0.2, 0.25) is 0 Å². The van der Waals surface area contributed by atoms with Crippen LogP contribution >= 0.6 is 0 Å². The minimum atomic E-state index is -4.87. The minimum absolute atomic E-state index is 0. The van der Waals surface area contributed by atoms with Gasteiger partial charge in [0.15, 0.2) is 0 Å². The van der Waals surface area contributed by atoms with E-state index in [1.807, 2.05) is 0 Å². The number of nitrogens with two attached hydrogens (primary N) is 1. The van der Waals surface area contributed by atoms with Crippen molar-refractivity contribution in [1.82, 2.24) is 0 Å². The zero-order chi connectivity index (χ0) is 10.9. The summed E-state index contributed by atoms with van der Waals surface area (Å²) in [6.45, 7) is 0. The Hall–Kier alpha value is -0.670. The van der Waals surface area contributed by atoms with Crippen LogP contribution in [0.1, 0.15) is 0 Å². The van der Waals surface area contributed by atoms with E-state index < -0.39 is 25.6 Å². The molecule has 9 heteroatoms. The second-order valence-corrected chi connectivity index (χ2v) is 3.79. The van der Waals surface area contributed by atoms with Crippen LogP contribution in [-0.4, -0.2) is 17.9 Å². The second kappa shape index (κ2) is 4.90. The van der Waals surface area contributed by atoms with Crippen molar-refractivity contribution < 1.29 is 47.5 Å². The first-order chi connectivity index (χ1) is 6.32. The minimum Gasteiger partial charge on any atom is -0.744 e. The summed E-state index contributed by atoms with van der Waals surface area (Å²) in [6.07, 6.45) is 0. The third-order valence-electron chi connectivity index (χ3n) is 1.45. The van der Waals surface area contributed by atoms with E-state index in [1.165, 1.54) is 0 Å². The first kappa shape index (κ1) is 14.3. The molecule has 0 radical (unpaired) electrons. The maximum Gasteiger partial charge on any atom is 1.00 e. The average Bonchev–Trinajstić information content (AvgIpc) is 2.01. The molecule has 0 saturated heterocycles. The molecule has 1 aromatic carbocycles. The molecular formula is C6H5N2NaO5S. The van der Waals surface area contributed by atoms with E-state index in [-0.39, 0.29) is 35.2 Å². The summed E-state index contributed by atoms with van der Waals surface area (Å²) in [7, 11) is -4.87. The van der Waals surface area contributed by atoms with Crippen molar-refractivity contribution in [3.05, 3.63) is 28.3 Å². The number of nitrogens with zero attached hydrogens (tertiary/aromatic N) is 1. The zero-order valence-electron chi connectivity index (χ0n) is 7.71. The molecule has 0 bridgehead atoms. The maximum atomic E-state index is 10.6.